The van der Waals surface area contributed by atoms with Gasteiger partial charge >= 0.3 is 0 Å². The first-order valence-corrected chi connectivity index (χ1v) is 5.72. The van der Waals surface area contributed by atoms with E-state index in [9.17, 15) is 9.59 Å². The number of aromatic nitrogens is 1. The molecule has 0 fully saturated rings. The predicted molar refractivity (Wildman–Crippen MR) is 68.9 cm³/mol. The molecule has 0 saturated carbocycles. The van der Waals surface area contributed by atoms with Crippen LogP contribution in [-0.4, -0.2) is 22.8 Å². The number of anilines is 1. The number of rotatable bonds is 4. The van der Waals surface area contributed by atoms with Crippen LogP contribution in [0.5, 0.6) is 0 Å². The van der Waals surface area contributed by atoms with Crippen LogP contribution in [0.25, 0.3) is 0 Å². The van der Waals surface area contributed by atoms with Gasteiger partial charge < -0.3 is 16.8 Å². The van der Waals surface area contributed by atoms with Crippen LogP contribution in [0.3, 0.4) is 0 Å². The number of pyridine rings is 1. The Kier molecular flexibility index (Phi) is 4.49. The number of hydrogen-bond acceptors (Lipinski definition) is 4. The number of nitrogen functional groups attached to an aromatic ring is 1. The number of nitrogens with zero attached hydrogens (tertiary/aromatic N) is 1. The fourth-order valence-corrected chi connectivity index (χ4v) is 1.60. The molecule has 0 aliphatic heterocycles. The van der Waals surface area contributed by atoms with Gasteiger partial charge in [0.1, 0.15) is 11.2 Å². The lowest BCUT2D eigenvalue weighted by Crippen LogP contribution is -2.47. The third-order valence-corrected chi connectivity index (χ3v) is 2.67. The van der Waals surface area contributed by atoms with E-state index in [0.29, 0.717) is 5.69 Å². The lowest BCUT2D eigenvalue weighted by Gasteiger charge is -2.19. The van der Waals surface area contributed by atoms with Crippen molar-refractivity contribution in [3.63, 3.8) is 0 Å². The fraction of sp³-hybridized carbons (Fsp3) is 0.364. The van der Waals surface area contributed by atoms with E-state index >= 15 is 0 Å². The maximum atomic E-state index is 11.9. The van der Waals surface area contributed by atoms with Crippen molar-refractivity contribution in [1.82, 2.24) is 10.3 Å². The van der Waals surface area contributed by atoms with Gasteiger partial charge in [-0.15, -0.1) is 0 Å². The molecule has 7 heteroatoms. The second-order valence-electron chi connectivity index (χ2n) is 4.20. The van der Waals surface area contributed by atoms with Crippen LogP contribution in [0.2, 0.25) is 5.15 Å². The van der Waals surface area contributed by atoms with Gasteiger partial charge in [-0.05, 0) is 12.0 Å². The Hall–Kier alpha value is -1.82. The van der Waals surface area contributed by atoms with Gasteiger partial charge in [0.25, 0.3) is 5.91 Å². The molecule has 0 saturated heterocycles. The summed E-state index contributed by atoms with van der Waals surface area (Å²) in [5.41, 5.74) is 11.2. The van der Waals surface area contributed by atoms with E-state index in [2.05, 4.69) is 10.3 Å². The number of carbonyl (C=O) groups excluding carboxylic acids is 2. The highest BCUT2D eigenvalue weighted by molar-refractivity contribution is 6.32. The topological polar surface area (TPSA) is 111 Å². The summed E-state index contributed by atoms with van der Waals surface area (Å²) < 4.78 is 0. The summed E-state index contributed by atoms with van der Waals surface area (Å²) in [5, 5.41) is 2.53. The number of hydrogen-bond donors (Lipinski definition) is 3. The zero-order valence-corrected chi connectivity index (χ0v) is 10.9. The molecule has 0 aliphatic carbocycles. The third-order valence-electron chi connectivity index (χ3n) is 2.36. The van der Waals surface area contributed by atoms with E-state index < -0.39 is 17.9 Å². The Labute approximate surface area is 110 Å². The molecule has 6 nitrogen and oxygen atoms in total. The average Bonchev–Trinajstić information content (AvgIpc) is 2.28. The molecule has 1 rings (SSSR count). The molecular weight excluding hydrogens is 256 g/mol. The minimum absolute atomic E-state index is 0.0219. The molecule has 1 unspecified atom stereocenters. The van der Waals surface area contributed by atoms with Crippen LogP contribution < -0.4 is 16.8 Å². The lowest BCUT2D eigenvalue weighted by molar-refractivity contribution is -0.120. The number of nitrogens with two attached hydrogens (primary N) is 2. The van der Waals surface area contributed by atoms with Crippen LogP contribution in [-0.2, 0) is 4.79 Å². The highest BCUT2D eigenvalue weighted by Gasteiger charge is 2.23. The fourth-order valence-electron chi connectivity index (χ4n) is 1.41. The van der Waals surface area contributed by atoms with E-state index in [0.717, 1.165) is 0 Å². The van der Waals surface area contributed by atoms with Gasteiger partial charge in [0, 0.05) is 0 Å². The second kappa shape index (κ2) is 5.68. The lowest BCUT2D eigenvalue weighted by atomic mass is 10.0. The molecule has 5 N–H and O–H groups in total. The normalized spacial score (nSPS) is 12.2. The van der Waals surface area contributed by atoms with E-state index in [1.807, 2.05) is 0 Å². The van der Waals surface area contributed by atoms with Gasteiger partial charge in [-0.2, -0.15) is 0 Å². The van der Waals surface area contributed by atoms with Crippen LogP contribution in [0.1, 0.15) is 24.2 Å². The van der Waals surface area contributed by atoms with Gasteiger partial charge in [0.2, 0.25) is 5.91 Å². The number of halogens is 1. The third kappa shape index (κ3) is 3.33. The molecule has 0 aliphatic rings. The summed E-state index contributed by atoms with van der Waals surface area (Å²) >= 11 is 5.79. The first-order chi connectivity index (χ1) is 8.32. The van der Waals surface area contributed by atoms with Crippen molar-refractivity contribution >= 4 is 29.1 Å². The van der Waals surface area contributed by atoms with Crippen molar-refractivity contribution < 1.29 is 9.59 Å². The maximum Gasteiger partial charge on any atom is 0.255 e. The minimum Gasteiger partial charge on any atom is -0.397 e. The van der Waals surface area contributed by atoms with Crippen molar-refractivity contribution in [3.05, 3.63) is 23.0 Å². The number of nitrogens with one attached hydrogen (secondary N) is 1. The highest BCUT2D eigenvalue weighted by atomic mass is 35.5. The molecule has 0 spiro atoms. The minimum atomic E-state index is -0.769. The van der Waals surface area contributed by atoms with Gasteiger partial charge in [-0.3, -0.25) is 9.59 Å². The Morgan fingerprint density at radius 2 is 2.06 bits per heavy atom. The predicted octanol–water partition coefficient (Wildman–Crippen LogP) is 0.557. The number of carbonyl (C=O) groups is 2. The smallest absolute Gasteiger partial charge is 0.255 e. The number of amides is 2. The molecule has 2 amide bonds. The zero-order chi connectivity index (χ0) is 13.9. The van der Waals surface area contributed by atoms with Crippen molar-refractivity contribution in [1.29, 1.82) is 0 Å². The second-order valence-corrected chi connectivity index (χ2v) is 4.56. The summed E-state index contributed by atoms with van der Waals surface area (Å²) in [5.74, 6) is -1.26. The summed E-state index contributed by atoms with van der Waals surface area (Å²) in [6.45, 7) is 3.55. The monoisotopic (exact) mass is 270 g/mol. The SMILES string of the molecule is CC(C)C(NC(=O)c1cc(N)cnc1Cl)C(N)=O. The maximum absolute atomic E-state index is 11.9. The van der Waals surface area contributed by atoms with Gasteiger partial charge in [0.05, 0.1) is 17.4 Å². The van der Waals surface area contributed by atoms with Crippen molar-refractivity contribution in [2.75, 3.05) is 5.73 Å². The molecule has 0 radical (unpaired) electrons. The molecule has 1 aromatic rings. The summed E-state index contributed by atoms with van der Waals surface area (Å²) in [6.07, 6.45) is 1.34. The van der Waals surface area contributed by atoms with E-state index in [-0.39, 0.29) is 16.6 Å². The Bertz CT molecular complexity index is 476. The summed E-state index contributed by atoms with van der Waals surface area (Å²) in [4.78, 5) is 26.9. The molecule has 0 bridgehead atoms. The van der Waals surface area contributed by atoms with Crippen LogP contribution in [0.4, 0.5) is 5.69 Å². The van der Waals surface area contributed by atoms with Gasteiger partial charge in [0.15, 0.2) is 0 Å². The van der Waals surface area contributed by atoms with Crippen LogP contribution in [0, 0.1) is 5.92 Å². The van der Waals surface area contributed by atoms with E-state index in [1.54, 1.807) is 13.8 Å². The first kappa shape index (κ1) is 14.2. The van der Waals surface area contributed by atoms with Crippen LogP contribution >= 0.6 is 11.6 Å². The highest BCUT2D eigenvalue weighted by Crippen LogP contribution is 2.16. The number of primary amides is 1. The summed E-state index contributed by atoms with van der Waals surface area (Å²) in [7, 11) is 0. The molecule has 1 atom stereocenters. The zero-order valence-electron chi connectivity index (χ0n) is 10.1. The first-order valence-electron chi connectivity index (χ1n) is 5.34. The molecular formula is C11H15ClN4O2. The molecule has 18 heavy (non-hydrogen) atoms. The standard InChI is InChI=1S/C11H15ClN4O2/c1-5(2)8(10(14)17)16-11(18)7-3-6(13)4-15-9(7)12/h3-5,8H,13H2,1-2H3,(H2,14,17)(H,16,18). The van der Waals surface area contributed by atoms with Crippen molar-refractivity contribution in [2.24, 2.45) is 11.7 Å². The Balaban J connectivity index is 2.94. The van der Waals surface area contributed by atoms with Gasteiger partial charge in [-0.1, -0.05) is 25.4 Å². The largest absolute Gasteiger partial charge is 0.397 e. The summed E-state index contributed by atoms with van der Waals surface area (Å²) in [6, 6.07) is 0.623. The van der Waals surface area contributed by atoms with Crippen molar-refractivity contribution in [3.8, 4) is 0 Å². The van der Waals surface area contributed by atoms with E-state index in [4.69, 9.17) is 23.1 Å². The van der Waals surface area contributed by atoms with Gasteiger partial charge in [-0.25, -0.2) is 4.98 Å². The van der Waals surface area contributed by atoms with Crippen molar-refractivity contribution in [2.45, 2.75) is 19.9 Å². The molecule has 1 heterocycles. The van der Waals surface area contributed by atoms with Crippen LogP contribution in [0.15, 0.2) is 12.3 Å². The molecule has 1 aromatic heterocycles. The Morgan fingerprint density at radius 1 is 1.44 bits per heavy atom. The van der Waals surface area contributed by atoms with E-state index in [1.165, 1.54) is 12.3 Å². The molecule has 98 valence electrons. The quantitative estimate of drug-likeness (QED) is 0.694. The Morgan fingerprint density at radius 3 is 2.56 bits per heavy atom. The molecule has 0 aromatic carbocycles. The average molecular weight is 271 g/mol.